The Labute approximate surface area is 85.0 Å². The zero-order valence-corrected chi connectivity index (χ0v) is 8.59. The Hall–Kier alpha value is -1.02. The number of benzene rings is 1. The van der Waals surface area contributed by atoms with Crippen molar-refractivity contribution >= 4 is 0 Å². The van der Waals surface area contributed by atoms with Crippen LogP contribution < -0.4 is 5.32 Å². The van der Waals surface area contributed by atoms with Crippen LogP contribution in [0.15, 0.2) is 18.2 Å². The molecule has 2 heteroatoms. The summed E-state index contributed by atoms with van der Waals surface area (Å²) >= 11 is 0. The van der Waals surface area contributed by atoms with E-state index in [0.717, 1.165) is 31.4 Å². The van der Waals surface area contributed by atoms with Crippen molar-refractivity contribution in [3.05, 3.63) is 29.3 Å². The molecule has 0 fully saturated rings. The van der Waals surface area contributed by atoms with E-state index in [2.05, 4.69) is 18.3 Å². The summed E-state index contributed by atoms with van der Waals surface area (Å²) in [6.45, 7) is 3.19. The van der Waals surface area contributed by atoms with Crippen LogP contribution in [-0.4, -0.2) is 11.7 Å². The molecule has 0 bridgehead atoms. The second-order valence-electron chi connectivity index (χ2n) is 3.90. The molecular weight excluding hydrogens is 174 g/mol. The Morgan fingerprint density at radius 3 is 3.14 bits per heavy atom. The minimum Gasteiger partial charge on any atom is -0.508 e. The Balaban J connectivity index is 2.20. The highest BCUT2D eigenvalue weighted by Crippen LogP contribution is 2.36. The first kappa shape index (κ1) is 9.53. The third-order valence-corrected chi connectivity index (χ3v) is 2.86. The highest BCUT2D eigenvalue weighted by molar-refractivity contribution is 5.44. The number of aromatic hydroxyl groups is 1. The van der Waals surface area contributed by atoms with Gasteiger partial charge in [-0.2, -0.15) is 0 Å². The van der Waals surface area contributed by atoms with Gasteiger partial charge in [0, 0.05) is 11.6 Å². The van der Waals surface area contributed by atoms with Crippen LogP contribution >= 0.6 is 0 Å². The van der Waals surface area contributed by atoms with Crippen molar-refractivity contribution in [2.45, 2.75) is 32.2 Å². The lowest BCUT2D eigenvalue weighted by atomic mass is 10.1. The number of phenols is 1. The van der Waals surface area contributed by atoms with Gasteiger partial charge in [-0.1, -0.05) is 19.1 Å². The molecule has 2 N–H and O–H groups in total. The smallest absolute Gasteiger partial charge is 0.120 e. The van der Waals surface area contributed by atoms with Gasteiger partial charge in [0.2, 0.25) is 0 Å². The van der Waals surface area contributed by atoms with E-state index < -0.39 is 0 Å². The van der Waals surface area contributed by atoms with E-state index in [1.54, 1.807) is 6.07 Å². The van der Waals surface area contributed by atoms with Crippen molar-refractivity contribution < 1.29 is 5.11 Å². The number of nitrogens with one attached hydrogen (secondary N) is 1. The summed E-state index contributed by atoms with van der Waals surface area (Å²) in [5, 5.41) is 13.2. The average Bonchev–Trinajstić information content (AvgIpc) is 2.59. The molecule has 14 heavy (non-hydrogen) atoms. The van der Waals surface area contributed by atoms with Crippen molar-refractivity contribution in [1.82, 2.24) is 5.32 Å². The minimum atomic E-state index is 0.367. The van der Waals surface area contributed by atoms with Crippen LogP contribution in [0, 0.1) is 0 Å². The molecule has 1 unspecified atom stereocenters. The van der Waals surface area contributed by atoms with Gasteiger partial charge in [-0.3, -0.25) is 0 Å². The third-order valence-electron chi connectivity index (χ3n) is 2.86. The first-order valence-corrected chi connectivity index (χ1v) is 5.37. The van der Waals surface area contributed by atoms with E-state index in [4.69, 9.17) is 0 Å². The van der Waals surface area contributed by atoms with Crippen LogP contribution in [-0.2, 0) is 6.42 Å². The third kappa shape index (κ3) is 1.62. The normalized spacial score (nSPS) is 19.6. The van der Waals surface area contributed by atoms with Gasteiger partial charge in [0.1, 0.15) is 5.75 Å². The van der Waals surface area contributed by atoms with E-state index in [9.17, 15) is 5.11 Å². The van der Waals surface area contributed by atoms with E-state index in [-0.39, 0.29) is 0 Å². The Morgan fingerprint density at radius 2 is 2.36 bits per heavy atom. The second-order valence-corrected chi connectivity index (χ2v) is 3.90. The van der Waals surface area contributed by atoms with Gasteiger partial charge in [-0.05, 0) is 37.4 Å². The fourth-order valence-electron chi connectivity index (χ4n) is 2.19. The molecule has 0 amide bonds. The highest BCUT2D eigenvalue weighted by Gasteiger charge is 2.24. The summed E-state index contributed by atoms with van der Waals surface area (Å²) < 4.78 is 0. The molecule has 2 nitrogen and oxygen atoms in total. The van der Waals surface area contributed by atoms with Crippen molar-refractivity contribution in [2.24, 2.45) is 0 Å². The van der Waals surface area contributed by atoms with Crippen molar-refractivity contribution in [2.75, 3.05) is 6.54 Å². The second kappa shape index (κ2) is 4.01. The lowest BCUT2D eigenvalue weighted by Crippen LogP contribution is -2.19. The van der Waals surface area contributed by atoms with Gasteiger partial charge >= 0.3 is 0 Å². The van der Waals surface area contributed by atoms with Gasteiger partial charge in [0.05, 0.1) is 0 Å². The molecule has 0 spiro atoms. The molecule has 2 rings (SSSR count). The van der Waals surface area contributed by atoms with Crippen molar-refractivity contribution in [3.63, 3.8) is 0 Å². The maximum atomic E-state index is 9.76. The van der Waals surface area contributed by atoms with E-state index in [0.29, 0.717) is 11.8 Å². The molecule has 0 radical (unpaired) electrons. The van der Waals surface area contributed by atoms with Gasteiger partial charge in [0.25, 0.3) is 0 Å². The molecule has 76 valence electrons. The number of aryl methyl sites for hydroxylation is 1. The van der Waals surface area contributed by atoms with Crippen LogP contribution in [0.1, 0.15) is 36.9 Å². The number of fused-ring (bicyclic) bond motifs is 1. The molecule has 0 aromatic heterocycles. The SMILES string of the molecule is CCCNC1CCc2cccc(O)c21. The Morgan fingerprint density at radius 1 is 1.50 bits per heavy atom. The molecule has 1 aromatic carbocycles. The Bertz CT molecular complexity index is 322. The van der Waals surface area contributed by atoms with Crippen molar-refractivity contribution in [3.8, 4) is 5.75 Å². The van der Waals surface area contributed by atoms with E-state index in [1.807, 2.05) is 6.07 Å². The van der Waals surface area contributed by atoms with Crippen LogP contribution in [0.25, 0.3) is 0 Å². The number of hydrogen-bond donors (Lipinski definition) is 2. The summed E-state index contributed by atoms with van der Waals surface area (Å²) in [7, 11) is 0. The highest BCUT2D eigenvalue weighted by atomic mass is 16.3. The van der Waals surface area contributed by atoms with Crippen molar-refractivity contribution in [1.29, 1.82) is 0 Å². The van der Waals surface area contributed by atoms with Crippen LogP contribution in [0.4, 0.5) is 0 Å². The molecule has 0 saturated heterocycles. The van der Waals surface area contributed by atoms with E-state index in [1.165, 1.54) is 5.56 Å². The van der Waals surface area contributed by atoms with E-state index >= 15 is 0 Å². The van der Waals surface area contributed by atoms with Crippen LogP contribution in [0.2, 0.25) is 0 Å². The van der Waals surface area contributed by atoms with Gasteiger partial charge < -0.3 is 10.4 Å². The predicted octanol–water partition coefficient (Wildman–Crippen LogP) is 2.38. The summed E-state index contributed by atoms with van der Waals surface area (Å²) in [4.78, 5) is 0. The van der Waals surface area contributed by atoms with Gasteiger partial charge in [0.15, 0.2) is 0 Å². The lowest BCUT2D eigenvalue weighted by Gasteiger charge is -2.14. The number of phenolic OH excluding ortho intramolecular Hbond substituents is 1. The molecule has 1 aromatic rings. The summed E-state index contributed by atoms with van der Waals surface area (Å²) in [5.74, 6) is 0.452. The molecule has 1 aliphatic rings. The first-order valence-electron chi connectivity index (χ1n) is 5.37. The average molecular weight is 191 g/mol. The first-order chi connectivity index (χ1) is 6.83. The van der Waals surface area contributed by atoms with Gasteiger partial charge in [-0.15, -0.1) is 0 Å². The largest absolute Gasteiger partial charge is 0.508 e. The zero-order chi connectivity index (χ0) is 9.97. The quantitative estimate of drug-likeness (QED) is 0.768. The summed E-state index contributed by atoms with van der Waals surface area (Å²) in [5.41, 5.74) is 2.43. The molecule has 1 atom stereocenters. The number of rotatable bonds is 3. The number of hydrogen-bond acceptors (Lipinski definition) is 2. The summed E-state index contributed by atoms with van der Waals surface area (Å²) in [6.07, 6.45) is 3.34. The van der Waals surface area contributed by atoms with Gasteiger partial charge in [-0.25, -0.2) is 0 Å². The monoisotopic (exact) mass is 191 g/mol. The van der Waals surface area contributed by atoms with Crippen LogP contribution in [0.3, 0.4) is 0 Å². The van der Waals surface area contributed by atoms with Crippen LogP contribution in [0.5, 0.6) is 5.75 Å². The molecular formula is C12H17NO. The zero-order valence-electron chi connectivity index (χ0n) is 8.59. The molecule has 0 heterocycles. The predicted molar refractivity (Wildman–Crippen MR) is 57.5 cm³/mol. The fourth-order valence-corrected chi connectivity index (χ4v) is 2.19. The lowest BCUT2D eigenvalue weighted by molar-refractivity contribution is 0.449. The fraction of sp³-hybridized carbons (Fsp3) is 0.500. The standard InChI is InChI=1S/C12H17NO/c1-2-8-13-10-7-6-9-4-3-5-11(14)12(9)10/h3-5,10,13-14H,2,6-8H2,1H3. The topological polar surface area (TPSA) is 32.3 Å². The molecule has 0 aliphatic heterocycles. The molecule has 1 aliphatic carbocycles. The maximum Gasteiger partial charge on any atom is 0.120 e. The Kier molecular flexibility index (Phi) is 2.73. The minimum absolute atomic E-state index is 0.367. The summed E-state index contributed by atoms with van der Waals surface area (Å²) in [6, 6.07) is 6.19. The molecule has 0 saturated carbocycles. The maximum absolute atomic E-state index is 9.76.